The predicted octanol–water partition coefficient (Wildman–Crippen LogP) is 2.09. The lowest BCUT2D eigenvalue weighted by molar-refractivity contribution is -0.169. The highest BCUT2D eigenvalue weighted by atomic mass is 16.7. The van der Waals surface area contributed by atoms with Crippen LogP contribution in [0.3, 0.4) is 0 Å². The van der Waals surface area contributed by atoms with Gasteiger partial charge in [-0.15, -0.1) is 0 Å². The maximum atomic E-state index is 11.6. The maximum absolute atomic E-state index is 11.6. The molecule has 0 spiro atoms. The molecule has 1 aliphatic carbocycles. The van der Waals surface area contributed by atoms with Gasteiger partial charge in [0.1, 0.15) is 5.60 Å². The minimum atomic E-state index is -0.442. The predicted molar refractivity (Wildman–Crippen MR) is 50.6 cm³/mol. The number of hydrogen-bond donors (Lipinski definition) is 0. The number of nitrogens with zero attached hydrogens (tertiary/aromatic N) is 1. The first kappa shape index (κ1) is 9.77. The number of rotatable bonds is 0. The number of hydrogen-bond acceptors (Lipinski definition) is 3. The molecule has 1 amide bonds. The van der Waals surface area contributed by atoms with Crippen LogP contribution in [0.15, 0.2) is 0 Å². The van der Waals surface area contributed by atoms with Crippen LogP contribution in [0.2, 0.25) is 0 Å². The van der Waals surface area contributed by atoms with Crippen LogP contribution in [-0.4, -0.2) is 28.9 Å². The fourth-order valence-electron chi connectivity index (χ4n) is 1.97. The van der Waals surface area contributed by atoms with Crippen LogP contribution in [0.5, 0.6) is 0 Å². The highest BCUT2D eigenvalue weighted by molar-refractivity contribution is 5.67. The van der Waals surface area contributed by atoms with E-state index in [0.29, 0.717) is 0 Å². The van der Waals surface area contributed by atoms with Crippen LogP contribution in [0, 0.1) is 0 Å². The van der Waals surface area contributed by atoms with Crippen molar-refractivity contribution < 1.29 is 14.4 Å². The average molecular weight is 199 g/mol. The van der Waals surface area contributed by atoms with Gasteiger partial charge in [-0.25, -0.2) is 4.79 Å². The summed E-state index contributed by atoms with van der Waals surface area (Å²) in [7, 11) is 0. The van der Waals surface area contributed by atoms with Gasteiger partial charge in [0.2, 0.25) is 0 Å². The number of fused-ring (bicyclic) bond motifs is 2. The fraction of sp³-hybridized carbons (Fsp3) is 0.900. The van der Waals surface area contributed by atoms with Gasteiger partial charge in [-0.2, -0.15) is 5.06 Å². The van der Waals surface area contributed by atoms with Gasteiger partial charge >= 0.3 is 6.09 Å². The van der Waals surface area contributed by atoms with Gasteiger partial charge in [-0.1, -0.05) is 0 Å². The molecule has 1 saturated heterocycles. The molecule has 0 aromatic carbocycles. The van der Waals surface area contributed by atoms with Crippen molar-refractivity contribution in [3.63, 3.8) is 0 Å². The van der Waals surface area contributed by atoms with E-state index >= 15 is 0 Å². The number of ether oxygens (including phenoxy) is 1. The second kappa shape index (κ2) is 3.12. The summed E-state index contributed by atoms with van der Waals surface area (Å²) in [6, 6.07) is 0.245. The zero-order chi connectivity index (χ0) is 10.3. The Morgan fingerprint density at radius 2 is 2.14 bits per heavy atom. The number of amides is 1. The normalized spacial score (nSPS) is 30.9. The molecule has 0 aromatic heterocycles. The minimum Gasteiger partial charge on any atom is -0.442 e. The first-order valence-corrected chi connectivity index (χ1v) is 5.15. The fourth-order valence-corrected chi connectivity index (χ4v) is 1.97. The quantitative estimate of drug-likeness (QED) is 0.599. The summed E-state index contributed by atoms with van der Waals surface area (Å²) in [6.45, 7) is 5.58. The summed E-state index contributed by atoms with van der Waals surface area (Å²) < 4.78 is 5.24. The third kappa shape index (κ3) is 1.85. The molecule has 1 aliphatic heterocycles. The van der Waals surface area contributed by atoms with Gasteiger partial charge in [0.25, 0.3) is 0 Å². The molecule has 0 radical (unpaired) electrons. The summed E-state index contributed by atoms with van der Waals surface area (Å²) in [5, 5.41) is 1.42. The van der Waals surface area contributed by atoms with Crippen molar-refractivity contribution in [3.05, 3.63) is 0 Å². The van der Waals surface area contributed by atoms with E-state index < -0.39 is 5.60 Å². The average Bonchev–Trinajstić information content (AvgIpc) is 2.59. The van der Waals surface area contributed by atoms with Crippen LogP contribution < -0.4 is 0 Å². The first-order chi connectivity index (χ1) is 6.46. The smallest absolute Gasteiger partial charge is 0.434 e. The Bertz CT molecular complexity index is 246. The molecule has 2 unspecified atom stereocenters. The molecule has 14 heavy (non-hydrogen) atoms. The van der Waals surface area contributed by atoms with Crippen molar-refractivity contribution >= 4 is 6.09 Å². The lowest BCUT2D eigenvalue weighted by Gasteiger charge is -2.28. The van der Waals surface area contributed by atoms with Crippen molar-refractivity contribution in [1.82, 2.24) is 5.06 Å². The van der Waals surface area contributed by atoms with E-state index in [0.717, 1.165) is 19.3 Å². The van der Waals surface area contributed by atoms with Crippen LogP contribution in [0.25, 0.3) is 0 Å². The maximum Gasteiger partial charge on any atom is 0.434 e. The Balaban J connectivity index is 1.93. The molecule has 1 saturated carbocycles. The van der Waals surface area contributed by atoms with Gasteiger partial charge in [-0.3, -0.25) is 4.84 Å². The van der Waals surface area contributed by atoms with Crippen LogP contribution >= 0.6 is 0 Å². The largest absolute Gasteiger partial charge is 0.442 e. The molecule has 2 bridgehead atoms. The Hall–Kier alpha value is -0.770. The molecular weight excluding hydrogens is 182 g/mol. The van der Waals surface area contributed by atoms with Gasteiger partial charge in [0, 0.05) is 0 Å². The molecule has 2 aliphatic rings. The Morgan fingerprint density at radius 1 is 1.43 bits per heavy atom. The first-order valence-electron chi connectivity index (χ1n) is 5.15. The molecule has 4 nitrogen and oxygen atoms in total. The van der Waals surface area contributed by atoms with E-state index in [-0.39, 0.29) is 18.2 Å². The Labute approximate surface area is 84.1 Å². The zero-order valence-corrected chi connectivity index (χ0v) is 8.95. The molecule has 1 heterocycles. The van der Waals surface area contributed by atoms with E-state index in [1.807, 2.05) is 20.8 Å². The number of hydroxylamine groups is 2. The molecule has 4 heteroatoms. The van der Waals surface area contributed by atoms with Crippen molar-refractivity contribution in [3.8, 4) is 0 Å². The molecular formula is C10H17NO3. The van der Waals surface area contributed by atoms with Crippen LogP contribution in [-0.2, 0) is 9.57 Å². The number of carbonyl (C=O) groups is 1. The second-order valence-corrected chi connectivity index (χ2v) is 5.00. The highest BCUT2D eigenvalue weighted by Crippen LogP contribution is 2.35. The number of carbonyl (C=O) groups excluding carboxylic acids is 1. The summed E-state index contributed by atoms with van der Waals surface area (Å²) in [4.78, 5) is 17.1. The zero-order valence-electron chi connectivity index (χ0n) is 8.95. The summed E-state index contributed by atoms with van der Waals surface area (Å²) >= 11 is 0. The molecule has 2 fully saturated rings. The van der Waals surface area contributed by atoms with Crippen LogP contribution in [0.1, 0.15) is 40.0 Å². The molecule has 2 rings (SSSR count). The summed E-state index contributed by atoms with van der Waals surface area (Å²) in [6.07, 6.45) is 2.99. The topological polar surface area (TPSA) is 38.8 Å². The van der Waals surface area contributed by atoms with Gasteiger partial charge in [0.15, 0.2) is 0 Å². The molecule has 0 N–H and O–H groups in total. The minimum absolute atomic E-state index is 0.243. The molecule has 2 atom stereocenters. The van der Waals surface area contributed by atoms with E-state index in [2.05, 4.69) is 0 Å². The van der Waals surface area contributed by atoms with Crippen molar-refractivity contribution in [2.45, 2.75) is 57.8 Å². The van der Waals surface area contributed by atoms with Crippen molar-refractivity contribution in [2.24, 2.45) is 0 Å². The monoisotopic (exact) mass is 199 g/mol. The molecule has 80 valence electrons. The Morgan fingerprint density at radius 3 is 2.57 bits per heavy atom. The second-order valence-electron chi connectivity index (χ2n) is 5.00. The summed E-state index contributed by atoms with van der Waals surface area (Å²) in [5.74, 6) is 0. The Kier molecular flexibility index (Phi) is 2.18. The van der Waals surface area contributed by atoms with E-state index in [4.69, 9.17) is 9.57 Å². The highest BCUT2D eigenvalue weighted by Gasteiger charge is 2.43. The third-order valence-corrected chi connectivity index (χ3v) is 2.52. The van der Waals surface area contributed by atoms with Crippen molar-refractivity contribution in [2.75, 3.05) is 0 Å². The van der Waals surface area contributed by atoms with Crippen molar-refractivity contribution in [1.29, 1.82) is 0 Å². The van der Waals surface area contributed by atoms with Gasteiger partial charge < -0.3 is 4.74 Å². The van der Waals surface area contributed by atoms with Gasteiger partial charge in [-0.05, 0) is 40.0 Å². The molecule has 0 aromatic rings. The van der Waals surface area contributed by atoms with E-state index in [1.165, 1.54) is 5.06 Å². The van der Waals surface area contributed by atoms with E-state index in [1.54, 1.807) is 0 Å². The lowest BCUT2D eigenvalue weighted by atomic mass is 10.2. The third-order valence-electron chi connectivity index (χ3n) is 2.52. The summed E-state index contributed by atoms with van der Waals surface area (Å²) in [5.41, 5.74) is -0.442. The SMILES string of the molecule is CC(C)(C)OC(=O)N1OC2CCC1C2. The standard InChI is InChI=1S/C10H17NO3/c1-10(2,3)13-9(12)11-7-4-5-8(6-7)14-11/h7-8H,4-6H2,1-3H3. The van der Waals surface area contributed by atoms with Gasteiger partial charge in [0.05, 0.1) is 12.1 Å². The van der Waals surface area contributed by atoms with Crippen LogP contribution in [0.4, 0.5) is 4.79 Å². The van der Waals surface area contributed by atoms with E-state index in [9.17, 15) is 4.79 Å². The lowest BCUT2D eigenvalue weighted by Crippen LogP contribution is -2.40.